The van der Waals surface area contributed by atoms with Gasteiger partial charge in [0.2, 0.25) is 0 Å². The standard InChI is InChI=1S/C29H28F2N2O4.CH4/c1-35-19-4-6-25-21(11-19)22-12-26-20-13-29(37-15-17-3-5-23(30)24(31)9-17)28(36-2)10-18(20)7-8-32(26)14-27(22)33(25)16-34;/h3-6,9-11,13,26,34H,7-8,12,14-16H2,1-2H3;1H4. The number of hydrogen-bond acceptors (Lipinski definition) is 5. The fraction of sp³-hybridized carbons (Fsp3) is 0.333. The highest BCUT2D eigenvalue weighted by atomic mass is 19.2. The van der Waals surface area contributed by atoms with Crippen LogP contribution in [-0.2, 0) is 32.7 Å². The van der Waals surface area contributed by atoms with Gasteiger partial charge in [0.05, 0.1) is 19.7 Å². The Balaban J connectivity index is 0.00000294. The third kappa shape index (κ3) is 4.27. The van der Waals surface area contributed by atoms with Crippen molar-refractivity contribution in [3.8, 4) is 17.2 Å². The first-order chi connectivity index (χ1) is 18.0. The molecule has 0 amide bonds. The van der Waals surface area contributed by atoms with Gasteiger partial charge < -0.3 is 23.9 Å². The maximum atomic E-state index is 13.7. The van der Waals surface area contributed by atoms with Crippen molar-refractivity contribution in [2.24, 2.45) is 0 Å². The van der Waals surface area contributed by atoms with Gasteiger partial charge in [-0.3, -0.25) is 4.90 Å². The molecule has 0 aliphatic carbocycles. The summed E-state index contributed by atoms with van der Waals surface area (Å²) in [5.74, 6) is 0.193. The lowest BCUT2D eigenvalue weighted by Gasteiger charge is -2.41. The number of aliphatic hydroxyl groups is 1. The van der Waals surface area contributed by atoms with Crippen molar-refractivity contribution in [1.29, 1.82) is 0 Å². The van der Waals surface area contributed by atoms with Crippen molar-refractivity contribution in [2.75, 3.05) is 20.8 Å². The van der Waals surface area contributed by atoms with Crippen molar-refractivity contribution in [1.82, 2.24) is 9.47 Å². The quantitative estimate of drug-likeness (QED) is 0.349. The van der Waals surface area contributed by atoms with Crippen molar-refractivity contribution in [2.45, 2.75) is 46.2 Å². The van der Waals surface area contributed by atoms with E-state index in [1.165, 1.54) is 22.8 Å². The Labute approximate surface area is 221 Å². The van der Waals surface area contributed by atoms with Crippen LogP contribution in [0.2, 0.25) is 0 Å². The fourth-order valence-electron chi connectivity index (χ4n) is 5.79. The van der Waals surface area contributed by atoms with E-state index in [1.54, 1.807) is 14.2 Å². The third-order valence-electron chi connectivity index (χ3n) is 7.66. The molecule has 1 atom stereocenters. The fourth-order valence-corrected chi connectivity index (χ4v) is 5.79. The summed E-state index contributed by atoms with van der Waals surface area (Å²) >= 11 is 0. The number of aromatic nitrogens is 1. The molecule has 6 rings (SSSR count). The van der Waals surface area contributed by atoms with E-state index in [2.05, 4.69) is 4.90 Å². The zero-order valence-corrected chi connectivity index (χ0v) is 20.8. The number of rotatable bonds is 6. The molecule has 8 heteroatoms. The number of hydrogen-bond donors (Lipinski definition) is 1. The smallest absolute Gasteiger partial charge is 0.162 e. The number of fused-ring (bicyclic) bond motifs is 6. The van der Waals surface area contributed by atoms with Gasteiger partial charge in [0.15, 0.2) is 23.1 Å². The normalized spacial score (nSPS) is 16.3. The van der Waals surface area contributed by atoms with Crippen molar-refractivity contribution in [3.05, 3.63) is 88.1 Å². The van der Waals surface area contributed by atoms with Crippen LogP contribution in [0.5, 0.6) is 17.2 Å². The molecular weight excluding hydrogens is 490 g/mol. The maximum absolute atomic E-state index is 13.7. The Hall–Kier alpha value is -3.62. The van der Waals surface area contributed by atoms with Gasteiger partial charge >= 0.3 is 0 Å². The number of aliphatic hydroxyl groups excluding tert-OH is 1. The van der Waals surface area contributed by atoms with Gasteiger partial charge in [0.1, 0.15) is 19.1 Å². The lowest BCUT2D eigenvalue weighted by molar-refractivity contribution is 0.145. The second-order valence-corrected chi connectivity index (χ2v) is 9.56. The summed E-state index contributed by atoms with van der Waals surface area (Å²) in [6.45, 7) is 1.64. The predicted octanol–water partition coefficient (Wildman–Crippen LogP) is 5.76. The second-order valence-electron chi connectivity index (χ2n) is 9.56. The third-order valence-corrected chi connectivity index (χ3v) is 7.66. The molecule has 2 aliphatic heterocycles. The number of ether oxygens (including phenoxy) is 3. The van der Waals surface area contributed by atoms with Crippen molar-refractivity contribution < 1.29 is 28.1 Å². The Bertz CT molecular complexity index is 1500. The van der Waals surface area contributed by atoms with Gasteiger partial charge in [0.25, 0.3) is 0 Å². The number of benzene rings is 3. The Morgan fingerprint density at radius 2 is 1.82 bits per heavy atom. The molecule has 6 nitrogen and oxygen atoms in total. The van der Waals surface area contributed by atoms with Gasteiger partial charge in [-0.2, -0.15) is 0 Å². The zero-order chi connectivity index (χ0) is 25.7. The topological polar surface area (TPSA) is 56.1 Å². The molecule has 2 aliphatic rings. The summed E-state index contributed by atoms with van der Waals surface area (Å²) in [6, 6.07) is 13.9. The van der Waals surface area contributed by atoms with Gasteiger partial charge in [-0.25, -0.2) is 8.78 Å². The summed E-state index contributed by atoms with van der Waals surface area (Å²) < 4.78 is 46.2. The van der Waals surface area contributed by atoms with E-state index in [1.807, 2.05) is 34.9 Å². The molecule has 3 aromatic carbocycles. The average molecular weight is 523 g/mol. The van der Waals surface area contributed by atoms with Crippen LogP contribution in [0, 0.1) is 11.6 Å². The number of halogens is 2. The molecule has 4 aromatic rings. The molecule has 0 fully saturated rings. The van der Waals surface area contributed by atoms with Crippen molar-refractivity contribution >= 4 is 10.9 Å². The molecule has 1 aromatic heterocycles. The van der Waals surface area contributed by atoms with Gasteiger partial charge in [-0.05, 0) is 77.6 Å². The molecule has 0 saturated heterocycles. The minimum atomic E-state index is -0.897. The van der Waals surface area contributed by atoms with E-state index < -0.39 is 11.6 Å². The van der Waals surface area contributed by atoms with Crippen LogP contribution in [0.15, 0.2) is 48.5 Å². The molecule has 0 saturated carbocycles. The summed E-state index contributed by atoms with van der Waals surface area (Å²) in [4.78, 5) is 2.44. The minimum absolute atomic E-state index is 0. The van der Waals surface area contributed by atoms with Crippen LogP contribution in [0.4, 0.5) is 8.78 Å². The Kier molecular flexibility index (Phi) is 7.03. The van der Waals surface area contributed by atoms with E-state index in [-0.39, 0.29) is 26.8 Å². The van der Waals surface area contributed by atoms with Gasteiger partial charge in [0, 0.05) is 30.2 Å². The number of methoxy groups -OCH3 is 2. The lowest BCUT2D eigenvalue weighted by Crippen LogP contribution is -2.39. The first kappa shape index (κ1) is 26.0. The van der Waals surface area contributed by atoms with E-state index in [0.717, 1.165) is 60.4 Å². The monoisotopic (exact) mass is 522 g/mol. The van der Waals surface area contributed by atoms with E-state index in [4.69, 9.17) is 14.2 Å². The van der Waals surface area contributed by atoms with Crippen LogP contribution in [0.3, 0.4) is 0 Å². The van der Waals surface area contributed by atoms with E-state index in [9.17, 15) is 13.9 Å². The average Bonchev–Trinajstić information content (AvgIpc) is 3.23. The molecule has 3 heterocycles. The lowest BCUT2D eigenvalue weighted by atomic mass is 9.85. The predicted molar refractivity (Wildman–Crippen MR) is 142 cm³/mol. The van der Waals surface area contributed by atoms with Crippen LogP contribution in [-0.4, -0.2) is 35.3 Å². The molecule has 0 bridgehead atoms. The summed E-state index contributed by atoms with van der Waals surface area (Å²) in [7, 11) is 3.26. The molecule has 38 heavy (non-hydrogen) atoms. The highest BCUT2D eigenvalue weighted by Gasteiger charge is 2.36. The van der Waals surface area contributed by atoms with Gasteiger partial charge in [-0.1, -0.05) is 13.5 Å². The highest BCUT2D eigenvalue weighted by Crippen LogP contribution is 2.45. The molecule has 1 N–H and O–H groups in total. The molecule has 200 valence electrons. The Morgan fingerprint density at radius 3 is 2.55 bits per heavy atom. The largest absolute Gasteiger partial charge is 0.497 e. The van der Waals surface area contributed by atoms with Crippen LogP contribution >= 0.6 is 0 Å². The van der Waals surface area contributed by atoms with E-state index >= 15 is 0 Å². The maximum Gasteiger partial charge on any atom is 0.162 e. The molecule has 1 unspecified atom stereocenters. The van der Waals surface area contributed by atoms with E-state index in [0.29, 0.717) is 17.1 Å². The summed E-state index contributed by atoms with van der Waals surface area (Å²) in [6.07, 6.45) is 1.65. The van der Waals surface area contributed by atoms with Gasteiger partial charge in [-0.15, -0.1) is 0 Å². The summed E-state index contributed by atoms with van der Waals surface area (Å²) in [5.41, 5.74) is 6.27. The molecule has 0 radical (unpaired) electrons. The second kappa shape index (κ2) is 10.3. The summed E-state index contributed by atoms with van der Waals surface area (Å²) in [5, 5.41) is 11.3. The minimum Gasteiger partial charge on any atom is -0.497 e. The first-order valence-corrected chi connectivity index (χ1v) is 12.3. The first-order valence-electron chi connectivity index (χ1n) is 12.3. The van der Waals surface area contributed by atoms with Crippen LogP contribution < -0.4 is 14.2 Å². The highest BCUT2D eigenvalue weighted by molar-refractivity contribution is 5.87. The van der Waals surface area contributed by atoms with Crippen LogP contribution in [0.1, 0.15) is 41.4 Å². The zero-order valence-electron chi connectivity index (χ0n) is 20.8. The molecular formula is C30H32F2N2O4. The molecule has 0 spiro atoms. The van der Waals surface area contributed by atoms with Crippen molar-refractivity contribution in [3.63, 3.8) is 0 Å². The van der Waals surface area contributed by atoms with Crippen LogP contribution in [0.25, 0.3) is 10.9 Å². The SMILES string of the molecule is C.COc1ccc2c(c1)c1c(n2CO)CN2CCc3cc(OC)c(OCc4ccc(F)c(F)c4)cc3C2C1. The Morgan fingerprint density at radius 1 is 0.974 bits per heavy atom. The number of nitrogens with zero attached hydrogens (tertiary/aromatic N) is 2.